The first-order chi connectivity index (χ1) is 22.1. The molecule has 3 aliphatic carbocycles. The smallest absolute Gasteiger partial charge is 0.315 e. The Balaban J connectivity index is 1.35. The minimum atomic E-state index is -1.06. The Bertz CT molecular complexity index is 1240. The van der Waals surface area contributed by atoms with Crippen LogP contribution in [0, 0.1) is 23.7 Å². The predicted molar refractivity (Wildman–Crippen MR) is 178 cm³/mol. The molecule has 1 saturated heterocycles. The second-order valence-corrected chi connectivity index (χ2v) is 15.5. The van der Waals surface area contributed by atoms with E-state index in [9.17, 15) is 24.0 Å². The van der Waals surface area contributed by atoms with Gasteiger partial charge in [0.1, 0.15) is 12.1 Å². The Kier molecular flexibility index (Phi) is 11.4. The van der Waals surface area contributed by atoms with Crippen LogP contribution in [0.5, 0.6) is 0 Å². The molecule has 0 aromatic carbocycles. The minimum Gasteiger partial charge on any atom is -0.363 e. The molecule has 11 heteroatoms. The fraction of sp³-hybridized carbons (Fsp3) is 0.743. The topological polar surface area (TPSA) is 151 Å². The molecular weight excluding hydrogens is 602 g/mol. The Morgan fingerprint density at radius 2 is 1.65 bits per heavy atom. The second-order valence-electron chi connectivity index (χ2n) is 14.8. The lowest BCUT2D eigenvalue weighted by molar-refractivity contribution is -0.144. The van der Waals surface area contributed by atoms with Crippen LogP contribution in [0.1, 0.15) is 109 Å². The molecule has 46 heavy (non-hydrogen) atoms. The van der Waals surface area contributed by atoms with E-state index in [1.54, 1.807) is 16.2 Å². The number of ketones is 1. The van der Waals surface area contributed by atoms with Gasteiger partial charge < -0.3 is 26.6 Å². The lowest BCUT2D eigenvalue weighted by atomic mass is 9.78. The minimum absolute atomic E-state index is 0.0213. The van der Waals surface area contributed by atoms with Crippen LogP contribution in [0.25, 0.3) is 0 Å². The number of carbonyl (C=O) groups excluding carboxylic acids is 5. The summed E-state index contributed by atoms with van der Waals surface area (Å²) in [5, 5.41) is 13.5. The number of primary amides is 1. The molecule has 10 nitrogen and oxygen atoms in total. The highest BCUT2D eigenvalue weighted by atomic mass is 32.1. The van der Waals surface area contributed by atoms with Crippen LogP contribution < -0.4 is 21.7 Å². The van der Waals surface area contributed by atoms with Crippen LogP contribution in [-0.2, 0) is 25.6 Å². The van der Waals surface area contributed by atoms with E-state index in [0.29, 0.717) is 19.4 Å². The highest BCUT2D eigenvalue weighted by Crippen LogP contribution is 2.36. The molecule has 0 spiro atoms. The monoisotopic (exact) mass is 655 g/mol. The summed E-state index contributed by atoms with van der Waals surface area (Å²) in [6.45, 7) is 4.47. The number of Topliss-reactive ketones (excluding diaryl/α,β-unsaturated/α-hetero) is 1. The second kappa shape index (κ2) is 15.3. The number of rotatable bonds is 13. The summed E-state index contributed by atoms with van der Waals surface area (Å²) in [4.78, 5) is 68.6. The molecule has 0 radical (unpaired) electrons. The standard InChI is InChI=1S/C35H53N5O5S/c1-22(2)26-13-17-40(29(26)32(43)37-27(19-23-11-12-23)30(41)31(36)42)33(44)28(25-9-5-3-6-10-25)38-34(45)39-35(15-7-4-8-16-35)20-24-14-18-46-21-24/h14,18,21-23,25-29H,3-13,15-17,19-20H2,1-2H3,(H2,36,42)(H,37,43)(H2,38,39,45)/t26?,27?,28-,29-/m0/s1. The molecule has 5 rings (SSSR count). The molecule has 1 aromatic rings. The van der Waals surface area contributed by atoms with E-state index in [-0.39, 0.29) is 41.1 Å². The zero-order chi connectivity index (χ0) is 32.8. The highest BCUT2D eigenvalue weighted by molar-refractivity contribution is 7.07. The first-order valence-corrected chi connectivity index (χ1v) is 18.6. The van der Waals surface area contributed by atoms with Crippen molar-refractivity contribution >= 4 is 40.9 Å². The first kappa shape index (κ1) is 34.4. The van der Waals surface area contributed by atoms with Gasteiger partial charge in [0.2, 0.25) is 17.6 Å². The molecule has 4 atom stereocenters. The molecular formula is C35H53N5O5S. The van der Waals surface area contributed by atoms with Crippen molar-refractivity contribution in [2.75, 3.05) is 6.54 Å². The lowest BCUT2D eigenvalue weighted by Gasteiger charge is -2.40. The first-order valence-electron chi connectivity index (χ1n) is 17.6. The van der Waals surface area contributed by atoms with Crippen LogP contribution in [-0.4, -0.2) is 64.6 Å². The fourth-order valence-electron chi connectivity index (χ4n) is 8.25. The number of nitrogens with zero attached hydrogens (tertiary/aromatic N) is 1. The Morgan fingerprint density at radius 1 is 0.957 bits per heavy atom. The van der Waals surface area contributed by atoms with E-state index in [1.165, 1.54) is 5.56 Å². The van der Waals surface area contributed by atoms with Gasteiger partial charge in [-0.25, -0.2) is 4.79 Å². The fourth-order valence-corrected chi connectivity index (χ4v) is 8.92. The maximum Gasteiger partial charge on any atom is 0.315 e. The van der Waals surface area contributed by atoms with Gasteiger partial charge in [-0.2, -0.15) is 11.3 Å². The van der Waals surface area contributed by atoms with Crippen molar-refractivity contribution < 1.29 is 24.0 Å². The maximum absolute atomic E-state index is 14.6. The zero-order valence-corrected chi connectivity index (χ0v) is 28.4. The van der Waals surface area contributed by atoms with Crippen molar-refractivity contribution in [1.82, 2.24) is 20.9 Å². The van der Waals surface area contributed by atoms with Crippen molar-refractivity contribution in [3.63, 3.8) is 0 Å². The van der Waals surface area contributed by atoms with Crippen molar-refractivity contribution in [2.24, 2.45) is 29.4 Å². The van der Waals surface area contributed by atoms with Crippen molar-refractivity contribution in [3.05, 3.63) is 22.4 Å². The Morgan fingerprint density at radius 3 is 2.26 bits per heavy atom. The largest absolute Gasteiger partial charge is 0.363 e. The average Bonchev–Trinajstić information content (AvgIpc) is 3.50. The Hall–Kier alpha value is -2.95. The van der Waals surface area contributed by atoms with E-state index in [1.807, 2.05) is 13.8 Å². The average molecular weight is 656 g/mol. The number of amides is 5. The van der Waals surface area contributed by atoms with Crippen LogP contribution in [0.3, 0.4) is 0 Å². The number of thiophene rings is 1. The third kappa shape index (κ3) is 8.49. The number of hydrogen-bond donors (Lipinski definition) is 4. The van der Waals surface area contributed by atoms with Crippen molar-refractivity contribution in [3.8, 4) is 0 Å². The zero-order valence-electron chi connectivity index (χ0n) is 27.6. The summed E-state index contributed by atoms with van der Waals surface area (Å²) < 4.78 is 0. The number of hydrogen-bond acceptors (Lipinski definition) is 6. The number of urea groups is 1. The van der Waals surface area contributed by atoms with Gasteiger partial charge in [0.25, 0.3) is 5.91 Å². The SMILES string of the molecule is CC(C)C1CCN(C(=O)[C@@H](NC(=O)NC2(Cc3ccsc3)CCCCC2)C2CCCCC2)[C@@H]1C(=O)NC(CC1CC1)C(=O)C(N)=O. The molecule has 0 bridgehead atoms. The molecule has 5 N–H and O–H groups in total. The van der Waals surface area contributed by atoms with Gasteiger partial charge in [-0.3, -0.25) is 19.2 Å². The molecule has 2 unspecified atom stereocenters. The van der Waals surface area contributed by atoms with Crippen LogP contribution in [0.4, 0.5) is 4.79 Å². The summed E-state index contributed by atoms with van der Waals surface area (Å²) in [5.74, 6) is -2.27. The number of nitrogens with one attached hydrogen (secondary N) is 3. The lowest BCUT2D eigenvalue weighted by Crippen LogP contribution is -2.62. The van der Waals surface area contributed by atoms with Gasteiger partial charge in [-0.1, -0.05) is 65.2 Å². The summed E-state index contributed by atoms with van der Waals surface area (Å²) in [7, 11) is 0. The summed E-state index contributed by atoms with van der Waals surface area (Å²) in [5.41, 5.74) is 6.21. The van der Waals surface area contributed by atoms with Gasteiger partial charge in [0, 0.05) is 12.1 Å². The van der Waals surface area contributed by atoms with Gasteiger partial charge in [0.05, 0.1) is 6.04 Å². The molecule has 4 fully saturated rings. The number of likely N-dealkylation sites (tertiary alicyclic amines) is 1. The van der Waals surface area contributed by atoms with E-state index in [4.69, 9.17) is 5.73 Å². The van der Waals surface area contributed by atoms with Gasteiger partial charge in [0.15, 0.2) is 0 Å². The van der Waals surface area contributed by atoms with Crippen molar-refractivity contribution in [1.29, 1.82) is 0 Å². The van der Waals surface area contributed by atoms with E-state index < -0.39 is 35.7 Å². The molecule has 254 valence electrons. The molecule has 4 aliphatic rings. The molecule has 5 amide bonds. The van der Waals surface area contributed by atoms with Gasteiger partial charge in [-0.05, 0) is 91.0 Å². The van der Waals surface area contributed by atoms with E-state index in [2.05, 4.69) is 32.8 Å². The maximum atomic E-state index is 14.6. The molecule has 1 aromatic heterocycles. The molecule has 2 heterocycles. The highest BCUT2D eigenvalue weighted by Gasteiger charge is 2.47. The molecule has 1 aliphatic heterocycles. The number of nitrogens with two attached hydrogens (primary N) is 1. The van der Waals surface area contributed by atoms with Gasteiger partial charge in [-0.15, -0.1) is 0 Å². The number of carbonyl (C=O) groups is 5. The van der Waals surface area contributed by atoms with Gasteiger partial charge >= 0.3 is 6.03 Å². The van der Waals surface area contributed by atoms with Crippen LogP contribution in [0.15, 0.2) is 16.8 Å². The summed E-state index contributed by atoms with van der Waals surface area (Å²) >= 11 is 1.66. The predicted octanol–water partition coefficient (Wildman–Crippen LogP) is 4.45. The molecule has 3 saturated carbocycles. The normalized spacial score (nSPS) is 24.6. The quantitative estimate of drug-likeness (QED) is 0.232. The van der Waals surface area contributed by atoms with E-state index in [0.717, 1.165) is 83.5 Å². The third-order valence-electron chi connectivity index (χ3n) is 11.0. The van der Waals surface area contributed by atoms with Crippen LogP contribution >= 0.6 is 11.3 Å². The Labute approximate surface area is 277 Å². The van der Waals surface area contributed by atoms with Crippen LogP contribution in [0.2, 0.25) is 0 Å². The van der Waals surface area contributed by atoms with Crippen molar-refractivity contribution in [2.45, 2.75) is 134 Å². The third-order valence-corrected chi connectivity index (χ3v) is 11.7. The summed E-state index contributed by atoms with van der Waals surface area (Å²) in [6.07, 6.45) is 13.5. The summed E-state index contributed by atoms with van der Waals surface area (Å²) in [6, 6.07) is -0.744. The van der Waals surface area contributed by atoms with E-state index >= 15 is 0 Å².